The molecule has 0 saturated heterocycles. The molecule has 0 spiro atoms. The van der Waals surface area contributed by atoms with Crippen molar-refractivity contribution in [3.63, 3.8) is 0 Å². The van der Waals surface area contributed by atoms with Gasteiger partial charge in [-0.15, -0.1) is 11.3 Å². The zero-order chi connectivity index (χ0) is 14.4. The Labute approximate surface area is 123 Å². The summed E-state index contributed by atoms with van der Waals surface area (Å²) in [7, 11) is 3.52. The van der Waals surface area contributed by atoms with Crippen molar-refractivity contribution in [2.75, 3.05) is 26.0 Å². The van der Waals surface area contributed by atoms with Crippen molar-refractivity contribution in [2.24, 2.45) is 0 Å². The first-order valence-corrected chi connectivity index (χ1v) is 7.21. The van der Waals surface area contributed by atoms with Crippen LogP contribution in [0.2, 0.25) is 0 Å². The van der Waals surface area contributed by atoms with E-state index in [1.54, 1.807) is 18.4 Å². The highest BCUT2D eigenvalue weighted by atomic mass is 32.1. The summed E-state index contributed by atoms with van der Waals surface area (Å²) in [4.78, 5) is 15.2. The third kappa shape index (κ3) is 4.08. The van der Waals surface area contributed by atoms with E-state index >= 15 is 0 Å². The number of hydrogen-bond donors (Lipinski definition) is 1. The summed E-state index contributed by atoms with van der Waals surface area (Å²) in [6.45, 7) is 1.12. The van der Waals surface area contributed by atoms with Crippen LogP contribution in [0, 0.1) is 0 Å². The van der Waals surface area contributed by atoms with E-state index in [1.807, 2.05) is 47.7 Å². The predicted molar refractivity (Wildman–Crippen MR) is 82.3 cm³/mol. The zero-order valence-electron chi connectivity index (χ0n) is 11.6. The normalized spacial score (nSPS) is 10.6. The van der Waals surface area contributed by atoms with E-state index in [0.717, 1.165) is 6.54 Å². The van der Waals surface area contributed by atoms with Gasteiger partial charge in [0.1, 0.15) is 5.75 Å². The van der Waals surface area contributed by atoms with Crippen LogP contribution >= 0.6 is 11.3 Å². The number of methoxy groups -OCH3 is 1. The third-order valence-corrected chi connectivity index (χ3v) is 3.66. The first-order valence-electron chi connectivity index (χ1n) is 6.33. The number of anilines is 1. The molecule has 5 heteroatoms. The molecule has 1 amide bonds. The van der Waals surface area contributed by atoms with E-state index in [2.05, 4.69) is 11.4 Å². The van der Waals surface area contributed by atoms with Crippen LogP contribution in [0.4, 0.5) is 5.69 Å². The van der Waals surface area contributed by atoms with E-state index in [4.69, 9.17) is 4.74 Å². The zero-order valence-corrected chi connectivity index (χ0v) is 12.4. The number of benzene rings is 1. The highest BCUT2D eigenvalue weighted by Crippen LogP contribution is 2.22. The quantitative estimate of drug-likeness (QED) is 0.889. The van der Waals surface area contributed by atoms with Gasteiger partial charge in [0.05, 0.1) is 19.3 Å². The number of ether oxygens (including phenoxy) is 1. The van der Waals surface area contributed by atoms with Crippen LogP contribution in [0.5, 0.6) is 5.75 Å². The Balaban J connectivity index is 1.88. The van der Waals surface area contributed by atoms with Crippen molar-refractivity contribution < 1.29 is 9.53 Å². The average Bonchev–Trinajstić information content (AvgIpc) is 2.91. The van der Waals surface area contributed by atoms with E-state index in [1.165, 1.54) is 4.88 Å². The van der Waals surface area contributed by atoms with E-state index < -0.39 is 0 Å². The number of likely N-dealkylation sites (N-methyl/N-ethyl adjacent to an activating group) is 1. The summed E-state index contributed by atoms with van der Waals surface area (Å²) in [5.41, 5.74) is 0.699. The van der Waals surface area contributed by atoms with Crippen LogP contribution in [0.3, 0.4) is 0 Å². The second-order valence-corrected chi connectivity index (χ2v) is 5.53. The maximum Gasteiger partial charge on any atom is 0.238 e. The minimum atomic E-state index is -0.0476. The molecule has 0 unspecified atom stereocenters. The van der Waals surface area contributed by atoms with E-state index in [-0.39, 0.29) is 5.91 Å². The first kappa shape index (κ1) is 14.6. The van der Waals surface area contributed by atoms with Gasteiger partial charge in [0.15, 0.2) is 0 Å². The van der Waals surface area contributed by atoms with Crippen molar-refractivity contribution in [1.82, 2.24) is 4.90 Å². The summed E-state index contributed by atoms with van der Waals surface area (Å²) < 4.78 is 5.21. The third-order valence-electron chi connectivity index (χ3n) is 2.80. The molecule has 1 N–H and O–H groups in total. The highest BCUT2D eigenvalue weighted by molar-refractivity contribution is 7.09. The summed E-state index contributed by atoms with van der Waals surface area (Å²) in [5, 5.41) is 4.91. The van der Waals surface area contributed by atoms with Crippen LogP contribution < -0.4 is 10.1 Å². The van der Waals surface area contributed by atoms with Gasteiger partial charge in [-0.25, -0.2) is 0 Å². The number of hydrogen-bond acceptors (Lipinski definition) is 4. The molecular weight excluding hydrogens is 272 g/mol. The molecule has 0 bridgehead atoms. The fourth-order valence-electron chi connectivity index (χ4n) is 1.91. The van der Waals surface area contributed by atoms with Crippen molar-refractivity contribution in [3.05, 3.63) is 46.7 Å². The molecule has 2 aromatic rings. The molecule has 0 radical (unpaired) electrons. The lowest BCUT2D eigenvalue weighted by Crippen LogP contribution is -2.29. The maximum atomic E-state index is 12.0. The molecule has 0 aliphatic heterocycles. The monoisotopic (exact) mass is 290 g/mol. The van der Waals surface area contributed by atoms with Gasteiger partial charge in [-0.3, -0.25) is 9.69 Å². The summed E-state index contributed by atoms with van der Waals surface area (Å²) in [5.74, 6) is 0.621. The van der Waals surface area contributed by atoms with Crippen LogP contribution in [0.15, 0.2) is 41.8 Å². The number of thiophene rings is 1. The molecule has 0 aliphatic carbocycles. The number of amides is 1. The molecule has 0 fully saturated rings. The number of carbonyl (C=O) groups is 1. The van der Waals surface area contributed by atoms with Crippen LogP contribution in [-0.2, 0) is 11.3 Å². The molecule has 1 aromatic heterocycles. The van der Waals surface area contributed by atoms with Gasteiger partial charge in [-0.2, -0.15) is 0 Å². The number of nitrogens with one attached hydrogen (secondary N) is 1. The summed E-state index contributed by atoms with van der Waals surface area (Å²) in [6.07, 6.45) is 0. The van der Waals surface area contributed by atoms with Crippen molar-refractivity contribution in [2.45, 2.75) is 6.54 Å². The van der Waals surface area contributed by atoms with Gasteiger partial charge in [-0.05, 0) is 30.6 Å². The Morgan fingerprint density at radius 2 is 2.10 bits per heavy atom. The SMILES string of the molecule is COc1ccccc1NC(=O)CN(C)Cc1cccs1. The first-order chi connectivity index (χ1) is 9.69. The van der Waals surface area contributed by atoms with Gasteiger partial charge in [0, 0.05) is 11.4 Å². The number of carbonyl (C=O) groups excluding carboxylic acids is 1. The molecule has 106 valence electrons. The van der Waals surface area contributed by atoms with Gasteiger partial charge < -0.3 is 10.1 Å². The molecule has 0 saturated carbocycles. The van der Waals surface area contributed by atoms with Crippen molar-refractivity contribution >= 4 is 22.9 Å². The molecule has 1 aromatic carbocycles. The Morgan fingerprint density at radius 3 is 2.80 bits per heavy atom. The summed E-state index contributed by atoms with van der Waals surface area (Å²) >= 11 is 1.70. The molecule has 4 nitrogen and oxygen atoms in total. The Kier molecular flexibility index (Phi) is 5.15. The van der Waals surface area contributed by atoms with Crippen LogP contribution in [0.25, 0.3) is 0 Å². The van der Waals surface area contributed by atoms with Crippen molar-refractivity contribution in [1.29, 1.82) is 0 Å². The smallest absolute Gasteiger partial charge is 0.238 e. The Bertz CT molecular complexity index is 555. The van der Waals surface area contributed by atoms with Crippen LogP contribution in [0.1, 0.15) is 4.88 Å². The number of nitrogens with zero attached hydrogens (tertiary/aromatic N) is 1. The van der Waals surface area contributed by atoms with Gasteiger partial charge in [-0.1, -0.05) is 18.2 Å². The minimum absolute atomic E-state index is 0.0476. The Hall–Kier alpha value is -1.85. The largest absolute Gasteiger partial charge is 0.495 e. The van der Waals surface area contributed by atoms with E-state index in [9.17, 15) is 4.79 Å². The molecule has 20 heavy (non-hydrogen) atoms. The lowest BCUT2D eigenvalue weighted by molar-refractivity contribution is -0.117. The molecule has 2 rings (SSSR count). The topological polar surface area (TPSA) is 41.6 Å². The standard InChI is InChI=1S/C15H18N2O2S/c1-17(10-12-6-5-9-20-12)11-15(18)16-13-7-3-4-8-14(13)19-2/h3-9H,10-11H2,1-2H3,(H,16,18). The lowest BCUT2D eigenvalue weighted by atomic mass is 10.3. The Morgan fingerprint density at radius 1 is 1.30 bits per heavy atom. The molecule has 1 heterocycles. The fourth-order valence-corrected chi connectivity index (χ4v) is 2.69. The van der Waals surface area contributed by atoms with Crippen molar-refractivity contribution in [3.8, 4) is 5.75 Å². The lowest BCUT2D eigenvalue weighted by Gasteiger charge is -2.16. The number of rotatable bonds is 6. The number of para-hydroxylation sites is 2. The second-order valence-electron chi connectivity index (χ2n) is 4.50. The van der Waals surface area contributed by atoms with E-state index in [0.29, 0.717) is 18.0 Å². The van der Waals surface area contributed by atoms with Gasteiger partial charge in [0.2, 0.25) is 5.91 Å². The highest BCUT2D eigenvalue weighted by Gasteiger charge is 2.10. The minimum Gasteiger partial charge on any atom is -0.495 e. The molecular formula is C15H18N2O2S. The van der Waals surface area contributed by atoms with Gasteiger partial charge >= 0.3 is 0 Å². The molecule has 0 aliphatic rings. The average molecular weight is 290 g/mol. The fraction of sp³-hybridized carbons (Fsp3) is 0.267. The predicted octanol–water partition coefficient (Wildman–Crippen LogP) is 2.83. The van der Waals surface area contributed by atoms with Crippen LogP contribution in [-0.4, -0.2) is 31.5 Å². The maximum absolute atomic E-state index is 12.0. The second kappa shape index (κ2) is 7.07. The van der Waals surface area contributed by atoms with Gasteiger partial charge in [0.25, 0.3) is 0 Å². The summed E-state index contributed by atoms with van der Waals surface area (Å²) in [6, 6.07) is 11.5. The molecule has 0 atom stereocenters.